The number of halogens is 2. The SMILES string of the molecule is O=C([O-])CSc1ccc(Cl)cc1Cl. The van der Waals surface area contributed by atoms with Gasteiger partial charge in [-0.1, -0.05) is 23.2 Å². The van der Waals surface area contributed by atoms with E-state index in [0.717, 1.165) is 11.8 Å². The summed E-state index contributed by atoms with van der Waals surface area (Å²) in [6, 6.07) is 4.91. The summed E-state index contributed by atoms with van der Waals surface area (Å²) in [4.78, 5) is 10.8. The minimum atomic E-state index is -1.11. The number of hydrogen-bond acceptors (Lipinski definition) is 3. The Morgan fingerprint density at radius 1 is 1.46 bits per heavy atom. The largest absolute Gasteiger partial charge is 0.549 e. The van der Waals surface area contributed by atoms with Crippen LogP contribution in [0.25, 0.3) is 0 Å². The molecule has 0 aliphatic rings. The van der Waals surface area contributed by atoms with Crippen LogP contribution in [0.1, 0.15) is 0 Å². The predicted octanol–water partition coefficient (Wildman–Crippen LogP) is 1.84. The van der Waals surface area contributed by atoms with Crippen molar-refractivity contribution in [2.75, 3.05) is 5.75 Å². The van der Waals surface area contributed by atoms with Crippen molar-refractivity contribution < 1.29 is 9.90 Å². The molecule has 0 atom stereocenters. The molecule has 0 radical (unpaired) electrons. The van der Waals surface area contributed by atoms with Gasteiger partial charge in [-0.2, -0.15) is 0 Å². The average molecular weight is 236 g/mol. The number of thioether (sulfide) groups is 1. The van der Waals surface area contributed by atoms with E-state index in [-0.39, 0.29) is 5.75 Å². The Morgan fingerprint density at radius 2 is 2.15 bits per heavy atom. The maximum atomic E-state index is 10.1. The first-order valence-electron chi connectivity index (χ1n) is 3.37. The van der Waals surface area contributed by atoms with Gasteiger partial charge in [-0.25, -0.2) is 0 Å². The van der Waals surface area contributed by atoms with E-state index in [1.807, 2.05) is 0 Å². The molecule has 0 aromatic heterocycles. The normalized spacial score (nSPS) is 10.0. The molecule has 1 aromatic carbocycles. The van der Waals surface area contributed by atoms with Gasteiger partial charge in [0.15, 0.2) is 0 Å². The molecule has 0 saturated carbocycles. The minimum Gasteiger partial charge on any atom is -0.549 e. The van der Waals surface area contributed by atoms with Crippen LogP contribution in [0, 0.1) is 0 Å². The van der Waals surface area contributed by atoms with Crippen molar-refractivity contribution in [3.8, 4) is 0 Å². The van der Waals surface area contributed by atoms with Crippen molar-refractivity contribution in [1.29, 1.82) is 0 Å². The third kappa shape index (κ3) is 3.46. The number of benzene rings is 1. The third-order valence-corrected chi connectivity index (χ3v) is 2.95. The van der Waals surface area contributed by atoms with Gasteiger partial charge in [0, 0.05) is 15.7 Å². The molecule has 0 heterocycles. The number of carbonyl (C=O) groups excluding carboxylic acids is 1. The van der Waals surface area contributed by atoms with Gasteiger partial charge in [-0.15, -0.1) is 11.8 Å². The van der Waals surface area contributed by atoms with E-state index in [9.17, 15) is 9.90 Å². The van der Waals surface area contributed by atoms with E-state index in [4.69, 9.17) is 23.2 Å². The van der Waals surface area contributed by atoms with Gasteiger partial charge in [-0.3, -0.25) is 0 Å². The molecule has 1 rings (SSSR count). The summed E-state index contributed by atoms with van der Waals surface area (Å²) in [6.45, 7) is 0. The molecular formula is C8H5Cl2O2S-. The summed E-state index contributed by atoms with van der Waals surface area (Å²) in [5.41, 5.74) is 0. The molecule has 0 N–H and O–H groups in total. The van der Waals surface area contributed by atoms with Crippen LogP contribution in [0.2, 0.25) is 10.0 Å². The molecule has 5 heteroatoms. The van der Waals surface area contributed by atoms with Gasteiger partial charge in [0.1, 0.15) is 0 Å². The predicted molar refractivity (Wildman–Crippen MR) is 52.2 cm³/mol. The van der Waals surface area contributed by atoms with Gasteiger partial charge in [0.2, 0.25) is 0 Å². The number of carboxylic acid groups (broad SMARTS) is 1. The molecule has 0 spiro atoms. The minimum absolute atomic E-state index is 0.110. The first-order valence-corrected chi connectivity index (χ1v) is 5.11. The lowest BCUT2D eigenvalue weighted by Crippen LogP contribution is -2.24. The first kappa shape index (κ1) is 10.7. The van der Waals surface area contributed by atoms with Crippen LogP contribution in [0.15, 0.2) is 23.1 Å². The number of rotatable bonds is 3. The second-order valence-electron chi connectivity index (χ2n) is 2.24. The second-order valence-corrected chi connectivity index (χ2v) is 4.10. The van der Waals surface area contributed by atoms with Crippen molar-refractivity contribution in [1.82, 2.24) is 0 Å². The molecule has 0 aliphatic heterocycles. The molecule has 0 amide bonds. The van der Waals surface area contributed by atoms with E-state index >= 15 is 0 Å². The molecule has 0 fully saturated rings. The second kappa shape index (κ2) is 4.74. The maximum Gasteiger partial charge on any atom is 0.0556 e. The molecule has 0 bridgehead atoms. The molecular weight excluding hydrogens is 231 g/mol. The zero-order chi connectivity index (χ0) is 9.84. The Balaban J connectivity index is 2.72. The van der Waals surface area contributed by atoms with Crippen LogP contribution in [-0.2, 0) is 4.79 Å². The molecule has 0 aliphatic carbocycles. The smallest absolute Gasteiger partial charge is 0.0556 e. The Kier molecular flexibility index (Phi) is 3.90. The van der Waals surface area contributed by atoms with Crippen molar-refractivity contribution in [3.63, 3.8) is 0 Å². The fourth-order valence-electron chi connectivity index (χ4n) is 0.729. The highest BCUT2D eigenvalue weighted by molar-refractivity contribution is 8.00. The van der Waals surface area contributed by atoms with Crippen LogP contribution >= 0.6 is 35.0 Å². The molecule has 13 heavy (non-hydrogen) atoms. The monoisotopic (exact) mass is 235 g/mol. The van der Waals surface area contributed by atoms with Crippen molar-refractivity contribution in [2.45, 2.75) is 4.90 Å². The van der Waals surface area contributed by atoms with Gasteiger partial charge in [0.05, 0.1) is 11.0 Å². The summed E-state index contributed by atoms with van der Waals surface area (Å²) in [5, 5.41) is 11.1. The lowest BCUT2D eigenvalue weighted by Gasteiger charge is -2.04. The molecule has 0 unspecified atom stereocenters. The van der Waals surface area contributed by atoms with Crippen molar-refractivity contribution in [2.24, 2.45) is 0 Å². The first-order chi connectivity index (χ1) is 6.09. The highest BCUT2D eigenvalue weighted by Gasteiger charge is 2.01. The Bertz CT molecular complexity index is 328. The zero-order valence-corrected chi connectivity index (χ0v) is 8.75. The van der Waals surface area contributed by atoms with Gasteiger partial charge >= 0.3 is 0 Å². The molecule has 1 aromatic rings. The Labute approximate surface area is 89.8 Å². The summed E-state index contributed by atoms with van der Waals surface area (Å²) in [6.07, 6.45) is 0. The lowest BCUT2D eigenvalue weighted by molar-refractivity contribution is -0.301. The van der Waals surface area contributed by atoms with Crippen molar-refractivity contribution in [3.05, 3.63) is 28.2 Å². The number of carbonyl (C=O) groups is 1. The van der Waals surface area contributed by atoms with Crippen LogP contribution < -0.4 is 5.11 Å². The van der Waals surface area contributed by atoms with E-state index in [1.54, 1.807) is 18.2 Å². The summed E-state index contributed by atoms with van der Waals surface area (Å²) < 4.78 is 0. The molecule has 2 nitrogen and oxygen atoms in total. The van der Waals surface area contributed by atoms with Crippen molar-refractivity contribution >= 4 is 40.9 Å². The Morgan fingerprint density at radius 3 is 2.69 bits per heavy atom. The zero-order valence-electron chi connectivity index (χ0n) is 6.42. The van der Waals surface area contributed by atoms with Gasteiger partial charge < -0.3 is 9.90 Å². The number of aliphatic carboxylic acids is 1. The van der Waals surface area contributed by atoms with Crippen LogP contribution in [-0.4, -0.2) is 11.7 Å². The van der Waals surface area contributed by atoms with Gasteiger partial charge in [-0.05, 0) is 18.2 Å². The fourth-order valence-corrected chi connectivity index (χ4v) is 1.94. The van der Waals surface area contributed by atoms with E-state index in [2.05, 4.69) is 0 Å². The average Bonchev–Trinajstić information content (AvgIpc) is 2.02. The molecule has 70 valence electrons. The van der Waals surface area contributed by atoms with Gasteiger partial charge in [0.25, 0.3) is 0 Å². The summed E-state index contributed by atoms with van der Waals surface area (Å²) in [5.74, 6) is -1.22. The maximum absolute atomic E-state index is 10.1. The lowest BCUT2D eigenvalue weighted by atomic mass is 10.4. The van der Waals surface area contributed by atoms with Crippen LogP contribution in [0.4, 0.5) is 0 Å². The van der Waals surface area contributed by atoms with Crippen LogP contribution in [0.5, 0.6) is 0 Å². The Hall–Kier alpha value is -0.380. The standard InChI is InChI=1S/C8H6Cl2O2S/c9-5-1-2-7(6(10)3-5)13-4-8(11)12/h1-3H,4H2,(H,11,12)/p-1. The van der Waals surface area contributed by atoms with E-state index < -0.39 is 5.97 Å². The topological polar surface area (TPSA) is 40.1 Å². The number of hydrogen-bond donors (Lipinski definition) is 0. The summed E-state index contributed by atoms with van der Waals surface area (Å²) >= 11 is 12.6. The third-order valence-electron chi connectivity index (χ3n) is 1.24. The number of carboxylic acids is 1. The highest BCUT2D eigenvalue weighted by atomic mass is 35.5. The highest BCUT2D eigenvalue weighted by Crippen LogP contribution is 2.29. The summed E-state index contributed by atoms with van der Waals surface area (Å²) in [7, 11) is 0. The van der Waals surface area contributed by atoms with E-state index in [1.165, 1.54) is 0 Å². The quantitative estimate of drug-likeness (QED) is 0.751. The molecule has 0 saturated heterocycles. The van der Waals surface area contributed by atoms with Crippen LogP contribution in [0.3, 0.4) is 0 Å². The van der Waals surface area contributed by atoms with E-state index in [0.29, 0.717) is 14.9 Å². The fraction of sp³-hybridized carbons (Fsp3) is 0.125.